The summed E-state index contributed by atoms with van der Waals surface area (Å²) < 4.78 is 1.94. The lowest BCUT2D eigenvalue weighted by atomic mass is 10.1. The molecule has 3 rings (SSSR count). The normalized spacial score (nSPS) is 18.0. The predicted octanol–water partition coefficient (Wildman–Crippen LogP) is 2.06. The summed E-state index contributed by atoms with van der Waals surface area (Å²) in [5, 5.41) is 7.05. The molecular weight excluding hydrogens is 312 g/mol. The van der Waals surface area contributed by atoms with Gasteiger partial charge in [-0.25, -0.2) is 0 Å². The first-order valence-corrected chi connectivity index (χ1v) is 8.56. The second-order valence-electron chi connectivity index (χ2n) is 5.71. The third-order valence-electron chi connectivity index (χ3n) is 3.97. The fourth-order valence-corrected chi connectivity index (χ4v) is 3.72. The van der Waals surface area contributed by atoms with Crippen LogP contribution in [-0.4, -0.2) is 39.6 Å². The molecule has 3 heterocycles. The average molecular weight is 332 g/mol. The van der Waals surface area contributed by atoms with Crippen molar-refractivity contribution in [1.29, 1.82) is 0 Å². The molecule has 2 aromatic heterocycles. The Morgan fingerprint density at radius 3 is 3.04 bits per heavy atom. The molecule has 1 N–H and O–H groups in total. The molecule has 0 bridgehead atoms. The molecular formula is C16H20N4O2S. The molecule has 0 aromatic carbocycles. The molecule has 6 nitrogen and oxygen atoms in total. The Labute approximate surface area is 139 Å². The maximum Gasteiger partial charge on any atom is 0.264 e. The molecule has 1 aliphatic heterocycles. The van der Waals surface area contributed by atoms with Crippen LogP contribution in [-0.2, 0) is 11.3 Å². The summed E-state index contributed by atoms with van der Waals surface area (Å²) >= 11 is 1.45. The number of carbonyl (C=O) groups is 2. The van der Waals surface area contributed by atoms with Gasteiger partial charge in [0.25, 0.3) is 5.91 Å². The second kappa shape index (κ2) is 6.95. The minimum absolute atomic E-state index is 0.0654. The summed E-state index contributed by atoms with van der Waals surface area (Å²) in [6, 6.07) is 5.92. The van der Waals surface area contributed by atoms with E-state index in [0.29, 0.717) is 13.1 Å². The van der Waals surface area contributed by atoms with Gasteiger partial charge in [-0.15, -0.1) is 11.3 Å². The van der Waals surface area contributed by atoms with Crippen molar-refractivity contribution in [1.82, 2.24) is 20.0 Å². The Morgan fingerprint density at radius 2 is 2.30 bits per heavy atom. The van der Waals surface area contributed by atoms with Gasteiger partial charge in [-0.05, 0) is 31.0 Å². The van der Waals surface area contributed by atoms with Crippen molar-refractivity contribution >= 4 is 23.2 Å². The molecule has 0 aliphatic carbocycles. The molecule has 2 amide bonds. The molecule has 1 aliphatic rings. The summed E-state index contributed by atoms with van der Waals surface area (Å²) in [4.78, 5) is 27.3. The van der Waals surface area contributed by atoms with Crippen LogP contribution in [0.15, 0.2) is 30.6 Å². The maximum atomic E-state index is 12.7. The van der Waals surface area contributed by atoms with Gasteiger partial charge in [-0.3, -0.25) is 14.3 Å². The number of carbonyl (C=O) groups excluding carboxylic acids is 2. The standard InChI is InChI=1S/C16H20N4O2S/c1-12(21)17-10-14-5-6-15(23-14)16(22)19-8-2-4-13(11-19)20-9-3-7-18-20/h3,5-7,9,13H,2,4,8,10-11H2,1H3,(H,17,21). The van der Waals surface area contributed by atoms with Gasteiger partial charge in [0.05, 0.1) is 17.5 Å². The fraction of sp³-hybridized carbons (Fsp3) is 0.438. The third kappa shape index (κ3) is 3.79. The van der Waals surface area contributed by atoms with Crippen LogP contribution in [0.2, 0.25) is 0 Å². The molecule has 7 heteroatoms. The summed E-state index contributed by atoms with van der Waals surface area (Å²) in [5.74, 6) is 0.00491. The van der Waals surface area contributed by atoms with E-state index in [0.717, 1.165) is 29.1 Å². The topological polar surface area (TPSA) is 67.2 Å². The Balaban J connectivity index is 1.64. The van der Waals surface area contributed by atoms with E-state index in [1.165, 1.54) is 18.3 Å². The summed E-state index contributed by atoms with van der Waals surface area (Å²) in [7, 11) is 0. The van der Waals surface area contributed by atoms with E-state index in [-0.39, 0.29) is 17.9 Å². The molecule has 23 heavy (non-hydrogen) atoms. The lowest BCUT2D eigenvalue weighted by Gasteiger charge is -2.32. The van der Waals surface area contributed by atoms with Crippen LogP contribution in [0.4, 0.5) is 0 Å². The number of hydrogen-bond acceptors (Lipinski definition) is 4. The van der Waals surface area contributed by atoms with E-state index < -0.39 is 0 Å². The van der Waals surface area contributed by atoms with Crippen LogP contribution in [0.25, 0.3) is 0 Å². The number of rotatable bonds is 4. The van der Waals surface area contributed by atoms with Crippen LogP contribution < -0.4 is 5.32 Å². The second-order valence-corrected chi connectivity index (χ2v) is 6.88. The van der Waals surface area contributed by atoms with Gasteiger partial charge in [0.2, 0.25) is 5.91 Å². The highest BCUT2D eigenvalue weighted by Gasteiger charge is 2.26. The maximum absolute atomic E-state index is 12.7. The molecule has 0 radical (unpaired) electrons. The largest absolute Gasteiger partial charge is 0.351 e. The smallest absolute Gasteiger partial charge is 0.264 e. The van der Waals surface area contributed by atoms with Gasteiger partial charge in [0, 0.05) is 37.3 Å². The number of aromatic nitrogens is 2. The van der Waals surface area contributed by atoms with Crippen molar-refractivity contribution in [3.8, 4) is 0 Å². The third-order valence-corrected chi connectivity index (χ3v) is 5.04. The van der Waals surface area contributed by atoms with Gasteiger partial charge < -0.3 is 10.2 Å². The number of nitrogens with one attached hydrogen (secondary N) is 1. The molecule has 2 aromatic rings. The SMILES string of the molecule is CC(=O)NCc1ccc(C(=O)N2CCCC(n3cccn3)C2)s1. The van der Waals surface area contributed by atoms with Crippen molar-refractivity contribution in [2.45, 2.75) is 32.4 Å². The highest BCUT2D eigenvalue weighted by molar-refractivity contribution is 7.14. The zero-order valence-electron chi connectivity index (χ0n) is 13.1. The van der Waals surface area contributed by atoms with Gasteiger partial charge in [0.1, 0.15) is 0 Å². The Morgan fingerprint density at radius 1 is 1.43 bits per heavy atom. The number of nitrogens with zero attached hydrogens (tertiary/aromatic N) is 3. The van der Waals surface area contributed by atoms with Crippen molar-refractivity contribution in [2.75, 3.05) is 13.1 Å². The molecule has 122 valence electrons. The van der Waals surface area contributed by atoms with Gasteiger partial charge >= 0.3 is 0 Å². The van der Waals surface area contributed by atoms with E-state index in [9.17, 15) is 9.59 Å². The summed E-state index contributed by atoms with van der Waals surface area (Å²) in [6.45, 7) is 3.45. The number of amides is 2. The average Bonchev–Trinajstić information content (AvgIpc) is 3.24. The van der Waals surface area contributed by atoms with E-state index in [1.54, 1.807) is 6.20 Å². The van der Waals surface area contributed by atoms with Crippen LogP contribution >= 0.6 is 11.3 Å². The lowest BCUT2D eigenvalue weighted by Crippen LogP contribution is -2.40. The van der Waals surface area contributed by atoms with E-state index in [4.69, 9.17) is 0 Å². The first-order valence-electron chi connectivity index (χ1n) is 7.75. The van der Waals surface area contributed by atoms with Gasteiger partial charge in [0.15, 0.2) is 0 Å². The van der Waals surface area contributed by atoms with Gasteiger partial charge in [-0.1, -0.05) is 0 Å². The quantitative estimate of drug-likeness (QED) is 0.932. The zero-order chi connectivity index (χ0) is 16.2. The minimum atomic E-state index is -0.0654. The molecule has 1 atom stereocenters. The van der Waals surface area contributed by atoms with E-state index in [1.807, 2.05) is 34.0 Å². The Hall–Kier alpha value is -2.15. The number of piperidine rings is 1. The predicted molar refractivity (Wildman–Crippen MR) is 88.2 cm³/mol. The van der Waals surface area contributed by atoms with Crippen LogP contribution in [0, 0.1) is 0 Å². The minimum Gasteiger partial charge on any atom is -0.351 e. The fourth-order valence-electron chi connectivity index (χ4n) is 2.81. The lowest BCUT2D eigenvalue weighted by molar-refractivity contribution is -0.119. The summed E-state index contributed by atoms with van der Waals surface area (Å²) in [6.07, 6.45) is 5.76. The van der Waals surface area contributed by atoms with E-state index >= 15 is 0 Å². The van der Waals surface area contributed by atoms with Gasteiger partial charge in [-0.2, -0.15) is 5.10 Å². The first kappa shape index (κ1) is 15.7. The Bertz CT molecular complexity index is 680. The van der Waals surface area contributed by atoms with Crippen molar-refractivity contribution in [2.24, 2.45) is 0 Å². The first-order chi connectivity index (χ1) is 11.1. The van der Waals surface area contributed by atoms with Crippen LogP contribution in [0.1, 0.15) is 40.4 Å². The summed E-state index contributed by atoms with van der Waals surface area (Å²) in [5.41, 5.74) is 0. The van der Waals surface area contributed by atoms with Crippen molar-refractivity contribution in [3.05, 3.63) is 40.3 Å². The monoisotopic (exact) mass is 332 g/mol. The van der Waals surface area contributed by atoms with Crippen molar-refractivity contribution in [3.63, 3.8) is 0 Å². The van der Waals surface area contributed by atoms with Crippen LogP contribution in [0.5, 0.6) is 0 Å². The number of thiophene rings is 1. The zero-order valence-corrected chi connectivity index (χ0v) is 13.9. The highest BCUT2D eigenvalue weighted by Crippen LogP contribution is 2.24. The molecule has 0 spiro atoms. The van der Waals surface area contributed by atoms with Crippen molar-refractivity contribution < 1.29 is 9.59 Å². The highest BCUT2D eigenvalue weighted by atomic mass is 32.1. The Kier molecular flexibility index (Phi) is 4.76. The van der Waals surface area contributed by atoms with Crippen LogP contribution in [0.3, 0.4) is 0 Å². The molecule has 0 saturated carbocycles. The molecule has 1 unspecified atom stereocenters. The molecule has 1 fully saturated rings. The van der Waals surface area contributed by atoms with E-state index in [2.05, 4.69) is 10.4 Å². The molecule has 1 saturated heterocycles. The number of likely N-dealkylation sites (tertiary alicyclic amines) is 1. The number of hydrogen-bond donors (Lipinski definition) is 1.